The predicted octanol–water partition coefficient (Wildman–Crippen LogP) is 6.95. The number of hydrogen-bond donors (Lipinski definition) is 1. The van der Waals surface area contributed by atoms with Gasteiger partial charge in [-0.1, -0.05) is 67.9 Å². The molecule has 1 saturated heterocycles. The number of amidine groups is 1. The minimum absolute atomic E-state index is 0.0799. The van der Waals surface area contributed by atoms with Crippen LogP contribution in [0, 0.1) is 0 Å². The van der Waals surface area contributed by atoms with Crippen LogP contribution in [0.25, 0.3) is 38.7 Å². The Kier molecular flexibility index (Phi) is 9.93. The topological polar surface area (TPSA) is 98.1 Å². The molecule has 0 bridgehead atoms. The second kappa shape index (κ2) is 12.7. The average molecular weight is 646 g/mol. The zero-order valence-corrected chi connectivity index (χ0v) is 21.9. The summed E-state index contributed by atoms with van der Waals surface area (Å²) in [4.78, 5) is 6.78. The third-order valence-corrected chi connectivity index (χ3v) is 6.35. The van der Waals surface area contributed by atoms with Gasteiger partial charge in [-0.25, -0.2) is 4.98 Å². The molecule has 3 aromatic rings. The summed E-state index contributed by atoms with van der Waals surface area (Å²) in [6.45, 7) is 3.47. The van der Waals surface area contributed by atoms with Crippen molar-refractivity contribution < 1.29 is 18.8 Å². The molecule has 2 aromatic carbocycles. The number of nitrogens with zero attached hydrogens (tertiary/aromatic N) is 3. The van der Waals surface area contributed by atoms with E-state index in [9.17, 15) is 5.41 Å². The van der Waals surface area contributed by atoms with E-state index in [1.54, 1.807) is 25.7 Å². The van der Waals surface area contributed by atoms with Gasteiger partial charge in [0.2, 0.25) is 0 Å². The zero-order chi connectivity index (χ0) is 23.8. The normalized spacial score (nSPS) is 22.2. The molecule has 8 heteroatoms. The minimum Gasteiger partial charge on any atom is -0.676 e. The van der Waals surface area contributed by atoms with Crippen LogP contribution in [-0.4, -0.2) is 46.9 Å². The summed E-state index contributed by atoms with van der Waals surface area (Å²) < 4.78 is 0. The summed E-state index contributed by atoms with van der Waals surface area (Å²) in [6.07, 6.45) is 5.26. The van der Waals surface area contributed by atoms with E-state index in [1.165, 1.54) is 12.8 Å². The van der Waals surface area contributed by atoms with E-state index in [2.05, 4.69) is 51.1 Å². The molecule has 33 heavy (non-hydrogen) atoms. The summed E-state index contributed by atoms with van der Waals surface area (Å²) in [7, 11) is 4.61. The Balaban J connectivity index is 0.000000258. The Hall–Kier alpha value is -1.72. The van der Waals surface area contributed by atoms with E-state index in [0.29, 0.717) is 11.9 Å². The molecule has 5 rings (SSSR count). The fourth-order valence-electron chi connectivity index (χ4n) is 4.50. The van der Waals surface area contributed by atoms with Crippen molar-refractivity contribution in [1.29, 1.82) is 0 Å². The number of fused-ring (bicyclic) bond motifs is 2. The van der Waals surface area contributed by atoms with Crippen molar-refractivity contribution in [2.75, 3.05) is 18.4 Å². The van der Waals surface area contributed by atoms with E-state index in [1.807, 2.05) is 17.0 Å². The second-order valence-electron chi connectivity index (χ2n) is 8.64. The first kappa shape index (κ1) is 25.9. The molecule has 181 valence electrons. The summed E-state index contributed by atoms with van der Waals surface area (Å²) in [5.41, 5.74) is 17.7. The molecule has 0 radical (unpaired) electrons. The van der Waals surface area contributed by atoms with Crippen molar-refractivity contribution in [1.82, 2.24) is 9.88 Å². The van der Waals surface area contributed by atoms with Crippen LogP contribution in [0.1, 0.15) is 39.0 Å². The molecule has 3 atom stereocenters. The molecule has 1 aliphatic carbocycles. The first-order chi connectivity index (χ1) is 16.0. The quantitative estimate of drug-likeness (QED) is 0.186. The summed E-state index contributed by atoms with van der Waals surface area (Å²) in [5.74, 6) is 0.402. The van der Waals surface area contributed by atoms with Crippen LogP contribution < -0.4 is 5.32 Å². The number of benzene rings is 2. The molecule has 1 aromatic heterocycles. The second-order valence-corrected chi connectivity index (χ2v) is 8.64. The fourth-order valence-corrected chi connectivity index (χ4v) is 4.50. The monoisotopic (exact) mass is 645 g/mol. The Morgan fingerprint density at radius 1 is 0.970 bits per heavy atom. The molecular formula is C25H31ClN6Pt-3. The Morgan fingerprint density at radius 3 is 1.94 bits per heavy atom. The molecule has 0 amide bonds. The van der Waals surface area contributed by atoms with Gasteiger partial charge in [0.15, 0.2) is 0 Å². The Labute approximate surface area is 211 Å². The van der Waals surface area contributed by atoms with Gasteiger partial charge in [0.05, 0.1) is 16.7 Å². The number of anilines is 1. The summed E-state index contributed by atoms with van der Waals surface area (Å²) in [5, 5.41) is 15.7. The van der Waals surface area contributed by atoms with Gasteiger partial charge >= 0.3 is 28.2 Å². The zero-order valence-electron chi connectivity index (χ0n) is 18.8. The molecule has 0 spiro atoms. The van der Waals surface area contributed by atoms with E-state index >= 15 is 0 Å². The predicted molar refractivity (Wildman–Crippen MR) is 137 cm³/mol. The molecule has 2 heterocycles. The van der Waals surface area contributed by atoms with Crippen LogP contribution in [0.5, 0.6) is 0 Å². The fraction of sp³-hybridized carbons (Fsp3) is 0.440. The van der Waals surface area contributed by atoms with Crippen molar-refractivity contribution in [2.24, 2.45) is 0 Å². The molecule has 3 N–H and O–H groups in total. The molecular weight excluding hydrogens is 615 g/mol. The third-order valence-electron chi connectivity index (χ3n) is 6.35. The summed E-state index contributed by atoms with van der Waals surface area (Å²) in [6, 6.07) is 16.7. The third kappa shape index (κ3) is 6.66. The Morgan fingerprint density at radius 2 is 1.48 bits per heavy atom. The maximum Gasteiger partial charge on any atom is -0.0548 e. The number of para-hydroxylation sites is 2. The first-order valence-corrected chi connectivity index (χ1v) is 14.2. The van der Waals surface area contributed by atoms with Gasteiger partial charge in [-0.05, 0) is 38.6 Å². The van der Waals surface area contributed by atoms with Crippen LogP contribution in [0.2, 0.25) is 0 Å². The van der Waals surface area contributed by atoms with Gasteiger partial charge in [-0.15, -0.1) is 0 Å². The van der Waals surface area contributed by atoms with E-state index in [4.69, 9.17) is 16.5 Å². The largest absolute Gasteiger partial charge is 0.676 e. The van der Waals surface area contributed by atoms with Gasteiger partial charge in [-0.3, -0.25) is 0 Å². The molecule has 0 unspecified atom stereocenters. The van der Waals surface area contributed by atoms with Gasteiger partial charge in [0.1, 0.15) is 0 Å². The molecule has 1 saturated carbocycles. The summed E-state index contributed by atoms with van der Waals surface area (Å²) >= 11 is 1.61. The van der Waals surface area contributed by atoms with E-state index in [-0.39, 0.29) is 12.1 Å². The van der Waals surface area contributed by atoms with Gasteiger partial charge in [-0.2, -0.15) is 12.1 Å². The van der Waals surface area contributed by atoms with Gasteiger partial charge < -0.3 is 27.1 Å². The van der Waals surface area contributed by atoms with E-state index in [0.717, 1.165) is 59.8 Å². The Bertz CT molecular complexity index is 997. The number of likely N-dealkylation sites (tertiary alicyclic amines) is 1. The van der Waals surface area contributed by atoms with Crippen LogP contribution >= 0.6 is 9.42 Å². The molecule has 2 fully saturated rings. The van der Waals surface area contributed by atoms with Gasteiger partial charge in [0, 0.05) is 16.8 Å². The van der Waals surface area contributed by atoms with Crippen molar-refractivity contribution >= 4 is 42.7 Å². The molecule has 2 aliphatic rings. The van der Waals surface area contributed by atoms with Crippen molar-refractivity contribution in [3.05, 3.63) is 65.4 Å². The molecule has 1 aliphatic heterocycles. The van der Waals surface area contributed by atoms with Crippen LogP contribution in [0.15, 0.2) is 48.5 Å². The van der Waals surface area contributed by atoms with Crippen LogP contribution in [0.4, 0.5) is 5.69 Å². The standard InChI is InChI=1S/C19H19N4.C6H12N2.ClH.Pt/c1-13(20)23-11-10-14(12-23)21-19-15-6-2-4-8-17(15)22-18-9-5-3-7-16(18)19;7-5-3-1-2-4-6(5)8;;/h2-9,14H,10-12H2,1H3,(H,21,22);5-8H,1-4H2;1H;/q-1;-2;;+1/p-1/t14-;5-,6-;;/m00../s1. The number of pyridine rings is 1. The molecule has 6 nitrogen and oxygen atoms in total. The van der Waals surface area contributed by atoms with Gasteiger partial charge in [0.25, 0.3) is 0 Å². The number of nitrogens with one attached hydrogen (secondary N) is 3. The minimum atomic E-state index is -0.0799. The number of hydrogen-bond acceptors (Lipinski definition) is 2. The smallest absolute Gasteiger partial charge is 0.0548 e. The SMILES string of the molecule is CC(=[N-])N1CC[C@H](Nc2c3ccccc3nc3ccccc23)C1.[Cl][Pt].[NH-][C@H]1CCCC[C@@H]1[NH-]. The van der Waals surface area contributed by atoms with Crippen molar-refractivity contribution in [3.63, 3.8) is 0 Å². The number of aromatic nitrogens is 1. The van der Waals surface area contributed by atoms with E-state index < -0.39 is 0 Å². The maximum absolute atomic E-state index is 9.68. The van der Waals surface area contributed by atoms with Crippen molar-refractivity contribution in [2.45, 2.75) is 57.2 Å². The van der Waals surface area contributed by atoms with Crippen molar-refractivity contribution in [3.8, 4) is 0 Å². The maximum atomic E-state index is 9.68. The first-order valence-electron chi connectivity index (χ1n) is 11.4. The number of rotatable bonds is 2. The van der Waals surface area contributed by atoms with Crippen LogP contribution in [0.3, 0.4) is 0 Å². The number of halogens is 1. The van der Waals surface area contributed by atoms with Crippen LogP contribution in [-0.2, 0) is 18.8 Å². The average Bonchev–Trinajstić information content (AvgIpc) is 3.32.